The molecule has 1 amide bonds. The molecule has 9 heteroatoms. The van der Waals surface area contributed by atoms with Crippen molar-refractivity contribution in [3.05, 3.63) is 94.2 Å². The van der Waals surface area contributed by atoms with E-state index >= 15 is 0 Å². The van der Waals surface area contributed by atoms with E-state index in [1.165, 1.54) is 30.3 Å². The highest BCUT2D eigenvalue weighted by Crippen LogP contribution is 2.15. The van der Waals surface area contributed by atoms with Crippen LogP contribution >= 0.6 is 15.9 Å². The second-order valence-corrected chi connectivity index (χ2v) is 8.86. The molecule has 0 saturated carbocycles. The molecule has 30 heavy (non-hydrogen) atoms. The minimum atomic E-state index is -3.78. The number of anilines is 1. The lowest BCUT2D eigenvalue weighted by molar-refractivity contribution is 0.102. The van der Waals surface area contributed by atoms with Gasteiger partial charge in [-0.15, -0.1) is 0 Å². The molecule has 0 spiro atoms. The summed E-state index contributed by atoms with van der Waals surface area (Å²) in [5.41, 5.74) is 1.83. The Kier molecular flexibility index (Phi) is 6.63. The first kappa shape index (κ1) is 21.7. The molecule has 0 aliphatic rings. The number of nitrogens with zero attached hydrogens (tertiary/aromatic N) is 1. The quantitative estimate of drug-likeness (QED) is 0.393. The highest BCUT2D eigenvalue weighted by atomic mass is 79.9. The van der Waals surface area contributed by atoms with Crippen LogP contribution in [0.5, 0.6) is 0 Å². The van der Waals surface area contributed by atoms with Crippen LogP contribution in [-0.4, -0.2) is 20.0 Å². The molecular formula is C21H17BrFN3O3S. The molecule has 0 atom stereocenters. The van der Waals surface area contributed by atoms with Crippen molar-refractivity contribution in [2.45, 2.75) is 11.8 Å². The number of amides is 1. The van der Waals surface area contributed by atoms with Gasteiger partial charge in [0.05, 0.1) is 10.6 Å². The second-order valence-electron chi connectivity index (χ2n) is 6.29. The topological polar surface area (TPSA) is 87.6 Å². The van der Waals surface area contributed by atoms with Crippen molar-refractivity contribution in [1.29, 1.82) is 0 Å². The molecule has 0 aromatic heterocycles. The Morgan fingerprint density at radius 2 is 1.63 bits per heavy atom. The molecular weight excluding hydrogens is 473 g/mol. The number of carbonyl (C=O) groups excluding carboxylic acids is 1. The molecule has 0 saturated heterocycles. The van der Waals surface area contributed by atoms with E-state index in [0.717, 1.165) is 10.5 Å². The average molecular weight is 490 g/mol. The molecule has 0 radical (unpaired) electrons. The van der Waals surface area contributed by atoms with Crippen LogP contribution in [0.1, 0.15) is 22.8 Å². The van der Waals surface area contributed by atoms with Crippen LogP contribution in [0.3, 0.4) is 0 Å². The number of carbonyl (C=O) groups is 1. The van der Waals surface area contributed by atoms with Gasteiger partial charge in [0.25, 0.3) is 15.9 Å². The number of sulfonamides is 1. The van der Waals surface area contributed by atoms with Crippen LogP contribution in [0.2, 0.25) is 0 Å². The summed E-state index contributed by atoms with van der Waals surface area (Å²) < 4.78 is 38.6. The summed E-state index contributed by atoms with van der Waals surface area (Å²) in [5.74, 6) is -0.926. The van der Waals surface area contributed by atoms with E-state index in [0.29, 0.717) is 17.0 Å². The third kappa shape index (κ3) is 5.52. The first-order valence-corrected chi connectivity index (χ1v) is 11.0. The van der Waals surface area contributed by atoms with Gasteiger partial charge in [-0.1, -0.05) is 34.1 Å². The fourth-order valence-electron chi connectivity index (χ4n) is 2.49. The van der Waals surface area contributed by atoms with Crippen molar-refractivity contribution in [3.63, 3.8) is 0 Å². The van der Waals surface area contributed by atoms with Crippen molar-refractivity contribution in [2.24, 2.45) is 5.10 Å². The van der Waals surface area contributed by atoms with E-state index in [1.54, 1.807) is 43.3 Å². The summed E-state index contributed by atoms with van der Waals surface area (Å²) in [5, 5.41) is 6.62. The van der Waals surface area contributed by atoms with E-state index in [1.807, 2.05) is 0 Å². The zero-order valence-corrected chi connectivity index (χ0v) is 18.2. The number of rotatable bonds is 6. The lowest BCUT2D eigenvalue weighted by Gasteiger charge is -2.08. The Bertz CT molecular complexity index is 1190. The van der Waals surface area contributed by atoms with Gasteiger partial charge in [-0.25, -0.2) is 4.39 Å². The monoisotopic (exact) mass is 489 g/mol. The summed E-state index contributed by atoms with van der Waals surface area (Å²) >= 11 is 3.26. The minimum Gasteiger partial charge on any atom is -0.322 e. The Balaban J connectivity index is 1.67. The molecule has 6 nitrogen and oxygen atoms in total. The molecule has 0 aliphatic heterocycles. The fraction of sp³-hybridized carbons (Fsp3) is 0.0476. The van der Waals surface area contributed by atoms with Crippen LogP contribution in [0.25, 0.3) is 0 Å². The molecule has 0 heterocycles. The largest absolute Gasteiger partial charge is 0.322 e. The highest BCUT2D eigenvalue weighted by molar-refractivity contribution is 9.10. The predicted molar refractivity (Wildman–Crippen MR) is 117 cm³/mol. The number of halogens is 2. The molecule has 3 aromatic rings. The molecule has 0 aliphatic carbocycles. The van der Waals surface area contributed by atoms with Gasteiger partial charge in [-0.05, 0) is 67.1 Å². The van der Waals surface area contributed by atoms with Crippen molar-refractivity contribution in [1.82, 2.24) is 4.83 Å². The molecule has 2 N–H and O–H groups in total. The molecule has 154 valence electrons. The summed E-state index contributed by atoms with van der Waals surface area (Å²) in [6.45, 7) is 1.66. The lowest BCUT2D eigenvalue weighted by Crippen LogP contribution is -2.20. The maximum Gasteiger partial charge on any atom is 0.276 e. The van der Waals surface area contributed by atoms with Gasteiger partial charge >= 0.3 is 0 Å². The van der Waals surface area contributed by atoms with Crippen LogP contribution in [0.4, 0.5) is 10.1 Å². The van der Waals surface area contributed by atoms with Crippen LogP contribution < -0.4 is 10.1 Å². The Labute approximate surface area is 182 Å². The number of nitrogens with one attached hydrogen (secondary N) is 2. The number of hydrogen-bond donors (Lipinski definition) is 2. The molecule has 0 fully saturated rings. The van der Waals surface area contributed by atoms with Gasteiger partial charge in [0.1, 0.15) is 5.82 Å². The first-order valence-electron chi connectivity index (χ1n) is 8.73. The highest BCUT2D eigenvalue weighted by Gasteiger charge is 2.13. The molecule has 0 bridgehead atoms. The molecule has 3 rings (SSSR count). The zero-order chi connectivity index (χ0) is 21.7. The predicted octanol–water partition coefficient (Wildman–Crippen LogP) is 4.54. The summed E-state index contributed by atoms with van der Waals surface area (Å²) in [6.07, 6.45) is 0. The third-order valence-corrected chi connectivity index (χ3v) is 5.86. The van der Waals surface area contributed by atoms with Crippen LogP contribution in [0, 0.1) is 5.82 Å². The van der Waals surface area contributed by atoms with Gasteiger partial charge < -0.3 is 5.32 Å². The van der Waals surface area contributed by atoms with E-state index < -0.39 is 21.7 Å². The fourth-order valence-corrected chi connectivity index (χ4v) is 3.61. The second kappa shape index (κ2) is 9.19. The average Bonchev–Trinajstić information content (AvgIpc) is 2.73. The van der Waals surface area contributed by atoms with E-state index in [4.69, 9.17) is 0 Å². The van der Waals surface area contributed by atoms with Gasteiger partial charge in [-0.2, -0.15) is 18.4 Å². The Morgan fingerprint density at radius 3 is 2.27 bits per heavy atom. The molecule has 3 aromatic carbocycles. The third-order valence-electron chi connectivity index (χ3n) is 4.10. The Hall–Kier alpha value is -3.04. The lowest BCUT2D eigenvalue weighted by atomic mass is 10.1. The first-order chi connectivity index (χ1) is 14.2. The van der Waals surface area contributed by atoms with Gasteiger partial charge in [0, 0.05) is 15.7 Å². The van der Waals surface area contributed by atoms with Crippen molar-refractivity contribution < 1.29 is 17.6 Å². The minimum absolute atomic E-state index is 0.0951. The van der Waals surface area contributed by atoms with E-state index in [9.17, 15) is 17.6 Å². The molecule has 0 unspecified atom stereocenters. The standard InChI is InChI=1S/C21H17BrFN3O3S/c1-14(25-26-30(28,29)20-11-7-17(22)8-12-20)15-5-9-19(10-6-15)24-21(27)16-3-2-4-18(23)13-16/h2-13,26H,1H3,(H,24,27). The van der Waals surface area contributed by atoms with Crippen molar-refractivity contribution in [3.8, 4) is 0 Å². The summed E-state index contributed by atoms with van der Waals surface area (Å²) in [4.78, 5) is 14.5. The number of hydrogen-bond acceptors (Lipinski definition) is 4. The summed E-state index contributed by atoms with van der Waals surface area (Å²) in [6, 6.07) is 18.2. The van der Waals surface area contributed by atoms with E-state index in [-0.39, 0.29) is 10.5 Å². The van der Waals surface area contributed by atoms with Crippen molar-refractivity contribution in [2.75, 3.05) is 5.32 Å². The van der Waals surface area contributed by atoms with Crippen molar-refractivity contribution >= 4 is 43.3 Å². The van der Waals surface area contributed by atoms with E-state index in [2.05, 4.69) is 31.2 Å². The maximum absolute atomic E-state index is 13.2. The maximum atomic E-state index is 13.2. The number of hydrazone groups is 1. The summed E-state index contributed by atoms with van der Waals surface area (Å²) in [7, 11) is -3.78. The number of benzene rings is 3. The van der Waals surface area contributed by atoms with Crippen LogP contribution in [0.15, 0.2) is 87.3 Å². The normalized spacial score (nSPS) is 11.8. The van der Waals surface area contributed by atoms with Gasteiger partial charge in [-0.3, -0.25) is 4.79 Å². The smallest absolute Gasteiger partial charge is 0.276 e. The van der Waals surface area contributed by atoms with Gasteiger partial charge in [0.2, 0.25) is 0 Å². The van der Waals surface area contributed by atoms with Crippen LogP contribution in [-0.2, 0) is 10.0 Å². The zero-order valence-electron chi connectivity index (χ0n) is 15.8. The SMILES string of the molecule is CC(=NNS(=O)(=O)c1ccc(Br)cc1)c1ccc(NC(=O)c2cccc(F)c2)cc1. The van der Waals surface area contributed by atoms with Gasteiger partial charge in [0.15, 0.2) is 0 Å². The Morgan fingerprint density at radius 1 is 0.967 bits per heavy atom.